The highest BCUT2D eigenvalue weighted by atomic mass is 16.4. The number of allylic oxidation sites excluding steroid dienone is 2. The molecule has 0 radical (unpaired) electrons. The molecule has 0 heterocycles. The summed E-state index contributed by atoms with van der Waals surface area (Å²) >= 11 is 0. The lowest BCUT2D eigenvalue weighted by atomic mass is 9.72. The number of hydrogen-bond donors (Lipinski definition) is 2. The van der Waals surface area contributed by atoms with E-state index in [1.165, 1.54) is 18.2 Å². The summed E-state index contributed by atoms with van der Waals surface area (Å²) in [4.78, 5) is 22.9. The van der Waals surface area contributed by atoms with Crippen LogP contribution in [-0.2, 0) is 9.59 Å². The van der Waals surface area contributed by atoms with Crippen LogP contribution in [0.15, 0.2) is 60.7 Å². The summed E-state index contributed by atoms with van der Waals surface area (Å²) in [6, 6.07) is 9.17. The van der Waals surface area contributed by atoms with Crippen LogP contribution in [-0.4, -0.2) is 22.2 Å². The summed E-state index contributed by atoms with van der Waals surface area (Å²) in [6.07, 6.45) is 8.98. The first-order valence-corrected chi connectivity index (χ1v) is 6.13. The van der Waals surface area contributed by atoms with Crippen LogP contribution >= 0.6 is 0 Å². The predicted octanol–water partition coefficient (Wildman–Crippen LogP) is 2.60. The molecule has 20 heavy (non-hydrogen) atoms. The third kappa shape index (κ3) is 2.54. The predicted molar refractivity (Wildman–Crippen MR) is 75.0 cm³/mol. The molecular weight excluding hydrogens is 256 g/mol. The van der Waals surface area contributed by atoms with Gasteiger partial charge >= 0.3 is 11.9 Å². The summed E-state index contributed by atoms with van der Waals surface area (Å²) in [5.41, 5.74) is -0.739. The minimum atomic E-state index is -1.56. The molecule has 0 fully saturated rings. The van der Waals surface area contributed by atoms with Gasteiger partial charge in [-0.05, 0) is 5.56 Å². The Balaban J connectivity index is 2.42. The minimum Gasteiger partial charge on any atom is -0.481 e. The van der Waals surface area contributed by atoms with Gasteiger partial charge in [0, 0.05) is 0 Å². The van der Waals surface area contributed by atoms with Crippen molar-refractivity contribution in [2.45, 2.75) is 0 Å². The summed E-state index contributed by atoms with van der Waals surface area (Å²) in [5.74, 6) is -3.46. The Morgan fingerprint density at radius 2 is 1.80 bits per heavy atom. The monoisotopic (exact) mass is 270 g/mol. The van der Waals surface area contributed by atoms with Crippen LogP contribution in [0, 0.1) is 11.3 Å². The minimum absolute atomic E-state index is 0.820. The van der Waals surface area contributed by atoms with Gasteiger partial charge in [0.2, 0.25) is 0 Å². The van der Waals surface area contributed by atoms with Gasteiger partial charge in [0.1, 0.15) is 5.41 Å². The molecule has 1 aliphatic carbocycles. The first-order valence-electron chi connectivity index (χ1n) is 6.13. The molecule has 0 saturated carbocycles. The maximum Gasteiger partial charge on any atom is 0.318 e. The number of aliphatic carboxylic acids is 2. The molecule has 1 aromatic rings. The molecule has 4 heteroatoms. The number of carbonyl (C=O) groups is 2. The lowest BCUT2D eigenvalue weighted by Crippen LogP contribution is -2.39. The van der Waals surface area contributed by atoms with Crippen molar-refractivity contribution < 1.29 is 19.8 Å². The molecule has 4 nitrogen and oxygen atoms in total. The van der Waals surface area contributed by atoms with Gasteiger partial charge in [0.15, 0.2) is 0 Å². The normalized spacial score (nSPS) is 24.9. The van der Waals surface area contributed by atoms with Crippen LogP contribution in [0.5, 0.6) is 0 Å². The number of rotatable bonds is 4. The Kier molecular flexibility index (Phi) is 3.84. The molecule has 1 aliphatic rings. The highest BCUT2D eigenvalue weighted by Gasteiger charge is 2.45. The van der Waals surface area contributed by atoms with Crippen molar-refractivity contribution in [3.8, 4) is 0 Å². The topological polar surface area (TPSA) is 74.6 Å². The van der Waals surface area contributed by atoms with Crippen molar-refractivity contribution in [3.05, 3.63) is 66.3 Å². The SMILES string of the molecule is O=C(O)C1C=CC=CC1(C=Cc1ccccc1)C(=O)O. The van der Waals surface area contributed by atoms with Crippen molar-refractivity contribution in [3.63, 3.8) is 0 Å². The highest BCUT2D eigenvalue weighted by molar-refractivity contribution is 5.90. The molecule has 2 unspecified atom stereocenters. The maximum absolute atomic E-state index is 11.6. The third-order valence-electron chi connectivity index (χ3n) is 3.29. The Hall–Kier alpha value is -2.62. The van der Waals surface area contributed by atoms with E-state index in [1.54, 1.807) is 18.2 Å². The average Bonchev–Trinajstić information content (AvgIpc) is 2.46. The van der Waals surface area contributed by atoms with Crippen molar-refractivity contribution in [1.82, 2.24) is 0 Å². The number of hydrogen-bond acceptors (Lipinski definition) is 2. The first kappa shape index (κ1) is 13.8. The summed E-state index contributed by atoms with van der Waals surface area (Å²) in [5, 5.41) is 18.7. The van der Waals surface area contributed by atoms with Crippen LogP contribution in [0.4, 0.5) is 0 Å². The molecule has 0 amide bonds. The Morgan fingerprint density at radius 1 is 1.10 bits per heavy atom. The van der Waals surface area contributed by atoms with E-state index in [9.17, 15) is 19.8 Å². The molecule has 2 rings (SSSR count). The van der Waals surface area contributed by atoms with Crippen molar-refractivity contribution in [1.29, 1.82) is 0 Å². The summed E-state index contributed by atoms with van der Waals surface area (Å²) < 4.78 is 0. The van der Waals surface area contributed by atoms with Gasteiger partial charge in [0.25, 0.3) is 0 Å². The van der Waals surface area contributed by atoms with E-state index in [0.29, 0.717) is 0 Å². The molecule has 0 aromatic heterocycles. The van der Waals surface area contributed by atoms with E-state index in [1.807, 2.05) is 30.3 Å². The zero-order valence-electron chi connectivity index (χ0n) is 10.6. The standard InChI is InChI=1S/C16H14O4/c17-14(18)13-8-4-5-10-16(13,15(19)20)11-9-12-6-2-1-3-7-12/h1-11,13H,(H,17,18)(H,19,20). The number of carboxylic acids is 2. The zero-order valence-corrected chi connectivity index (χ0v) is 10.6. The smallest absolute Gasteiger partial charge is 0.318 e. The van der Waals surface area contributed by atoms with Gasteiger partial charge in [-0.1, -0.05) is 66.8 Å². The molecule has 2 N–H and O–H groups in total. The van der Waals surface area contributed by atoms with E-state index in [4.69, 9.17) is 0 Å². The van der Waals surface area contributed by atoms with Crippen LogP contribution in [0.25, 0.3) is 6.08 Å². The van der Waals surface area contributed by atoms with Crippen LogP contribution in [0.3, 0.4) is 0 Å². The maximum atomic E-state index is 11.6. The molecule has 0 saturated heterocycles. The Labute approximate surface area is 116 Å². The lowest BCUT2D eigenvalue weighted by Gasteiger charge is -2.29. The van der Waals surface area contributed by atoms with Gasteiger partial charge in [-0.25, -0.2) is 0 Å². The van der Waals surface area contributed by atoms with E-state index in [2.05, 4.69) is 0 Å². The van der Waals surface area contributed by atoms with Gasteiger partial charge in [-0.2, -0.15) is 0 Å². The molecule has 0 spiro atoms. The van der Waals surface area contributed by atoms with Gasteiger partial charge < -0.3 is 10.2 Å². The van der Waals surface area contributed by atoms with E-state index >= 15 is 0 Å². The number of benzene rings is 1. The molecule has 0 bridgehead atoms. The van der Waals surface area contributed by atoms with E-state index in [0.717, 1.165) is 5.56 Å². The second kappa shape index (κ2) is 5.57. The van der Waals surface area contributed by atoms with Crippen LogP contribution in [0.1, 0.15) is 5.56 Å². The van der Waals surface area contributed by atoms with E-state index < -0.39 is 23.3 Å². The fourth-order valence-electron chi connectivity index (χ4n) is 2.17. The van der Waals surface area contributed by atoms with Gasteiger partial charge in [0.05, 0.1) is 5.92 Å². The lowest BCUT2D eigenvalue weighted by molar-refractivity contribution is -0.154. The molecule has 1 aromatic carbocycles. The van der Waals surface area contributed by atoms with Crippen LogP contribution in [0.2, 0.25) is 0 Å². The van der Waals surface area contributed by atoms with Gasteiger partial charge in [-0.3, -0.25) is 9.59 Å². The number of carboxylic acid groups (broad SMARTS) is 2. The summed E-state index contributed by atoms with van der Waals surface area (Å²) in [6.45, 7) is 0. The largest absolute Gasteiger partial charge is 0.481 e. The first-order chi connectivity index (χ1) is 9.56. The average molecular weight is 270 g/mol. The molecule has 0 aliphatic heterocycles. The second-order valence-electron chi connectivity index (χ2n) is 4.54. The molecule has 2 atom stereocenters. The second-order valence-corrected chi connectivity index (χ2v) is 4.54. The van der Waals surface area contributed by atoms with E-state index in [-0.39, 0.29) is 0 Å². The van der Waals surface area contributed by atoms with Crippen molar-refractivity contribution >= 4 is 18.0 Å². The third-order valence-corrected chi connectivity index (χ3v) is 3.29. The zero-order chi connectivity index (χ0) is 14.6. The van der Waals surface area contributed by atoms with Crippen molar-refractivity contribution in [2.75, 3.05) is 0 Å². The van der Waals surface area contributed by atoms with Gasteiger partial charge in [-0.15, -0.1) is 0 Å². The highest BCUT2D eigenvalue weighted by Crippen LogP contribution is 2.36. The van der Waals surface area contributed by atoms with Crippen molar-refractivity contribution in [2.24, 2.45) is 11.3 Å². The Morgan fingerprint density at radius 3 is 2.40 bits per heavy atom. The molecule has 102 valence electrons. The Bertz CT molecular complexity index is 598. The summed E-state index contributed by atoms with van der Waals surface area (Å²) in [7, 11) is 0. The quantitative estimate of drug-likeness (QED) is 0.881. The fraction of sp³-hybridized carbons (Fsp3) is 0.125. The fourth-order valence-corrected chi connectivity index (χ4v) is 2.17. The molecular formula is C16H14O4. The van der Waals surface area contributed by atoms with Crippen LogP contribution < -0.4 is 0 Å².